The molecule has 1 amide bonds. The lowest BCUT2D eigenvalue weighted by atomic mass is 10.1. The van der Waals surface area contributed by atoms with Crippen LogP contribution in [0, 0.1) is 12.7 Å². The van der Waals surface area contributed by atoms with Gasteiger partial charge in [-0.3, -0.25) is 4.79 Å². The van der Waals surface area contributed by atoms with Gasteiger partial charge in [0.25, 0.3) is 5.91 Å². The Morgan fingerprint density at radius 2 is 2.12 bits per heavy atom. The molecule has 0 bridgehead atoms. The Labute approximate surface area is 143 Å². The number of primary amides is 1. The summed E-state index contributed by atoms with van der Waals surface area (Å²) in [6.07, 6.45) is 1.99. The van der Waals surface area contributed by atoms with Crippen LogP contribution in [0.2, 0.25) is 0 Å². The van der Waals surface area contributed by atoms with Gasteiger partial charge < -0.3 is 15.5 Å². The van der Waals surface area contributed by atoms with E-state index in [9.17, 15) is 9.18 Å². The zero-order valence-corrected chi connectivity index (χ0v) is 13.9. The highest BCUT2D eigenvalue weighted by Crippen LogP contribution is 2.41. The summed E-state index contributed by atoms with van der Waals surface area (Å²) in [5, 5.41) is 3.83. The summed E-state index contributed by atoms with van der Waals surface area (Å²) in [6.45, 7) is 3.73. The van der Waals surface area contributed by atoms with Crippen molar-refractivity contribution in [2.75, 3.05) is 5.32 Å². The molecule has 0 atom stereocenters. The van der Waals surface area contributed by atoms with Crippen LogP contribution >= 0.6 is 0 Å². The van der Waals surface area contributed by atoms with E-state index in [0.29, 0.717) is 28.4 Å². The highest BCUT2D eigenvalue weighted by atomic mass is 19.1. The van der Waals surface area contributed by atoms with Gasteiger partial charge in [-0.05, 0) is 38.8 Å². The number of hydrogen-bond acceptors (Lipinski definition) is 5. The molecule has 4 rings (SSSR count). The number of hydrogen-bond donors (Lipinski definition) is 2. The number of aromatic nitrogens is 2. The van der Waals surface area contributed by atoms with E-state index in [1.54, 1.807) is 19.1 Å². The van der Waals surface area contributed by atoms with Crippen LogP contribution in [0.15, 0.2) is 28.7 Å². The summed E-state index contributed by atoms with van der Waals surface area (Å²) in [5.74, 6) is 0.219. The maximum Gasteiger partial charge on any atom is 0.253 e. The van der Waals surface area contributed by atoms with E-state index in [2.05, 4.69) is 22.2 Å². The van der Waals surface area contributed by atoms with Crippen LogP contribution in [0.3, 0.4) is 0 Å². The van der Waals surface area contributed by atoms with Crippen molar-refractivity contribution in [3.8, 4) is 11.4 Å². The van der Waals surface area contributed by atoms with Gasteiger partial charge in [0.1, 0.15) is 17.4 Å². The van der Waals surface area contributed by atoms with Crippen LogP contribution in [-0.2, 0) is 0 Å². The van der Waals surface area contributed by atoms with Crippen LogP contribution in [0.25, 0.3) is 22.5 Å². The number of carbonyl (C=O) groups excluding carboxylic acids is 1. The first kappa shape index (κ1) is 15.6. The molecule has 0 aliphatic heterocycles. The van der Waals surface area contributed by atoms with Crippen LogP contribution in [-0.4, -0.2) is 21.4 Å². The largest absolute Gasteiger partial charge is 0.442 e. The Morgan fingerprint density at radius 3 is 2.76 bits per heavy atom. The van der Waals surface area contributed by atoms with E-state index in [4.69, 9.17) is 10.2 Å². The van der Waals surface area contributed by atoms with Crippen LogP contribution < -0.4 is 11.1 Å². The number of furan rings is 1. The van der Waals surface area contributed by atoms with Crippen molar-refractivity contribution >= 4 is 22.8 Å². The van der Waals surface area contributed by atoms with Crippen molar-refractivity contribution in [3.63, 3.8) is 0 Å². The fourth-order valence-corrected chi connectivity index (χ4v) is 2.85. The van der Waals surface area contributed by atoms with Crippen molar-refractivity contribution < 1.29 is 13.6 Å². The normalized spacial score (nSPS) is 15.3. The third kappa shape index (κ3) is 2.71. The molecule has 25 heavy (non-hydrogen) atoms. The fourth-order valence-electron chi connectivity index (χ4n) is 2.85. The smallest absolute Gasteiger partial charge is 0.253 e. The number of nitrogens with zero attached hydrogens (tertiary/aromatic N) is 2. The molecular weight excluding hydrogens is 323 g/mol. The Morgan fingerprint density at radius 1 is 1.36 bits per heavy atom. The molecule has 0 unspecified atom stereocenters. The van der Waals surface area contributed by atoms with Gasteiger partial charge in [0.05, 0.1) is 10.9 Å². The second-order valence-electron chi connectivity index (χ2n) is 6.67. The maximum atomic E-state index is 13.6. The lowest BCUT2D eigenvalue weighted by Crippen LogP contribution is -2.19. The van der Waals surface area contributed by atoms with E-state index in [-0.39, 0.29) is 22.6 Å². The minimum atomic E-state index is -0.595. The number of aryl methyl sites for hydroxylation is 1. The molecule has 0 saturated heterocycles. The van der Waals surface area contributed by atoms with Gasteiger partial charge in [0.2, 0.25) is 5.71 Å². The summed E-state index contributed by atoms with van der Waals surface area (Å²) in [5.41, 5.74) is 6.48. The minimum absolute atomic E-state index is 0.0828. The molecule has 1 aromatic carbocycles. The second-order valence-corrected chi connectivity index (χ2v) is 6.67. The number of carbonyl (C=O) groups is 1. The SMILES string of the molecule is Cc1oc2nc(-c3cccc(F)c3)nc(NC3(C)CC3)c2c1C(N)=O. The maximum absolute atomic E-state index is 13.6. The summed E-state index contributed by atoms with van der Waals surface area (Å²) in [6, 6.07) is 6.02. The predicted molar refractivity (Wildman–Crippen MR) is 91.7 cm³/mol. The van der Waals surface area contributed by atoms with Gasteiger partial charge >= 0.3 is 0 Å². The summed E-state index contributed by atoms with van der Waals surface area (Å²) in [4.78, 5) is 20.8. The van der Waals surface area contributed by atoms with Crippen molar-refractivity contribution in [3.05, 3.63) is 41.4 Å². The lowest BCUT2D eigenvalue weighted by molar-refractivity contribution is 0.1000. The molecule has 1 aliphatic carbocycles. The monoisotopic (exact) mass is 340 g/mol. The molecule has 1 saturated carbocycles. The van der Waals surface area contributed by atoms with Crippen molar-refractivity contribution in [1.29, 1.82) is 0 Å². The molecule has 1 fully saturated rings. The third-order valence-corrected chi connectivity index (χ3v) is 4.48. The molecule has 7 heteroatoms. The van der Waals surface area contributed by atoms with Gasteiger partial charge in [0, 0.05) is 11.1 Å². The van der Waals surface area contributed by atoms with E-state index in [0.717, 1.165) is 12.8 Å². The average molecular weight is 340 g/mol. The zero-order valence-electron chi connectivity index (χ0n) is 13.9. The number of rotatable bonds is 4. The molecule has 2 heterocycles. The average Bonchev–Trinajstić information content (AvgIpc) is 3.15. The molecule has 0 spiro atoms. The summed E-state index contributed by atoms with van der Waals surface area (Å²) in [7, 11) is 0. The highest BCUT2D eigenvalue weighted by molar-refractivity contribution is 6.09. The van der Waals surface area contributed by atoms with E-state index in [1.807, 2.05) is 0 Å². The number of fused-ring (bicyclic) bond motifs is 1. The molecule has 3 aromatic rings. The first-order valence-corrected chi connectivity index (χ1v) is 8.01. The van der Waals surface area contributed by atoms with Crippen LogP contribution in [0.1, 0.15) is 35.9 Å². The predicted octanol–water partition coefficient (Wildman–Crippen LogP) is 3.40. The first-order valence-electron chi connectivity index (χ1n) is 8.01. The number of anilines is 1. The van der Waals surface area contributed by atoms with E-state index in [1.165, 1.54) is 12.1 Å². The van der Waals surface area contributed by atoms with Crippen molar-refractivity contribution in [1.82, 2.24) is 9.97 Å². The number of amides is 1. The van der Waals surface area contributed by atoms with Gasteiger partial charge in [-0.2, -0.15) is 4.98 Å². The quantitative estimate of drug-likeness (QED) is 0.759. The van der Waals surface area contributed by atoms with E-state index < -0.39 is 5.91 Å². The van der Waals surface area contributed by atoms with Crippen molar-refractivity contribution in [2.45, 2.75) is 32.2 Å². The fraction of sp³-hybridized carbons (Fsp3) is 0.278. The van der Waals surface area contributed by atoms with E-state index >= 15 is 0 Å². The second kappa shape index (κ2) is 5.27. The molecule has 6 nitrogen and oxygen atoms in total. The number of benzene rings is 1. The molecule has 128 valence electrons. The molecular formula is C18H17FN4O2. The number of halogens is 1. The Hall–Kier alpha value is -2.96. The molecule has 2 aromatic heterocycles. The summed E-state index contributed by atoms with van der Waals surface area (Å²) < 4.78 is 19.2. The highest BCUT2D eigenvalue weighted by Gasteiger charge is 2.38. The Balaban J connectivity index is 1.97. The van der Waals surface area contributed by atoms with Gasteiger partial charge in [-0.15, -0.1) is 0 Å². The minimum Gasteiger partial charge on any atom is -0.442 e. The first-order chi connectivity index (χ1) is 11.9. The lowest BCUT2D eigenvalue weighted by Gasteiger charge is -2.14. The third-order valence-electron chi connectivity index (χ3n) is 4.48. The Bertz CT molecular complexity index is 1010. The molecule has 3 N–H and O–H groups in total. The van der Waals surface area contributed by atoms with Gasteiger partial charge in [-0.1, -0.05) is 12.1 Å². The van der Waals surface area contributed by atoms with Crippen LogP contribution in [0.5, 0.6) is 0 Å². The van der Waals surface area contributed by atoms with Gasteiger partial charge in [-0.25, -0.2) is 9.37 Å². The van der Waals surface area contributed by atoms with Gasteiger partial charge in [0.15, 0.2) is 5.82 Å². The molecule has 0 radical (unpaired) electrons. The number of nitrogens with two attached hydrogens (primary N) is 1. The zero-order chi connectivity index (χ0) is 17.8. The Kier molecular flexibility index (Phi) is 3.28. The van der Waals surface area contributed by atoms with Crippen LogP contribution in [0.4, 0.5) is 10.2 Å². The topological polar surface area (TPSA) is 94.0 Å². The van der Waals surface area contributed by atoms with Crippen molar-refractivity contribution in [2.24, 2.45) is 5.73 Å². The molecule has 1 aliphatic rings. The summed E-state index contributed by atoms with van der Waals surface area (Å²) >= 11 is 0. The standard InChI is InChI=1S/C18H17FN4O2/c1-9-12(14(20)24)13-16(23-18(2)6-7-18)21-15(22-17(13)25-9)10-4-3-5-11(19)8-10/h3-5,8H,6-7H2,1-2H3,(H2,20,24)(H,21,22,23). The number of nitrogens with one attached hydrogen (secondary N) is 1.